The average molecular weight is 418 g/mol. The van der Waals surface area contributed by atoms with Crippen molar-refractivity contribution in [1.29, 1.82) is 0 Å². The van der Waals surface area contributed by atoms with Gasteiger partial charge in [-0.2, -0.15) is 0 Å². The van der Waals surface area contributed by atoms with Crippen LogP contribution in [0.4, 0.5) is 4.79 Å². The fourth-order valence-electron chi connectivity index (χ4n) is 3.99. The van der Waals surface area contributed by atoms with Gasteiger partial charge >= 0.3 is 6.03 Å². The van der Waals surface area contributed by atoms with Crippen LogP contribution in [-0.2, 0) is 16.9 Å². The Labute approximate surface area is 182 Å². The third-order valence-electron chi connectivity index (χ3n) is 5.94. The van der Waals surface area contributed by atoms with Crippen molar-refractivity contribution >= 4 is 22.7 Å². The van der Waals surface area contributed by atoms with E-state index in [1.165, 1.54) is 4.90 Å². The highest BCUT2D eigenvalue weighted by molar-refractivity contribution is 6.07. The van der Waals surface area contributed by atoms with Crippen molar-refractivity contribution in [3.63, 3.8) is 0 Å². The van der Waals surface area contributed by atoms with Gasteiger partial charge in [0.25, 0.3) is 5.91 Å². The Morgan fingerprint density at radius 2 is 1.71 bits per heavy atom. The molecule has 160 valence electrons. The number of fused-ring (bicyclic) bond motifs is 1. The summed E-state index contributed by atoms with van der Waals surface area (Å²) in [6.45, 7) is 5.43. The molecule has 3 aromatic rings. The van der Waals surface area contributed by atoms with Gasteiger partial charge in [-0.1, -0.05) is 55.5 Å². The number of ether oxygens (including phenoxy) is 1. The molecule has 1 aliphatic rings. The number of hydrogen-bond acceptors (Lipinski definition) is 4. The van der Waals surface area contributed by atoms with E-state index in [-0.39, 0.29) is 18.6 Å². The molecule has 6 nitrogen and oxygen atoms in total. The quantitative estimate of drug-likeness (QED) is 0.588. The number of rotatable bonds is 7. The summed E-state index contributed by atoms with van der Waals surface area (Å²) in [5.74, 6) is 0.540. The van der Waals surface area contributed by atoms with E-state index >= 15 is 0 Å². The van der Waals surface area contributed by atoms with Crippen molar-refractivity contribution < 1.29 is 14.3 Å². The van der Waals surface area contributed by atoms with E-state index in [9.17, 15) is 9.59 Å². The summed E-state index contributed by atoms with van der Waals surface area (Å²) < 4.78 is 5.29. The minimum atomic E-state index is -1.10. The molecule has 0 saturated carbocycles. The molecule has 0 unspecified atom stereocenters. The Hall–Kier alpha value is -3.38. The van der Waals surface area contributed by atoms with E-state index in [0.717, 1.165) is 34.2 Å². The molecule has 0 radical (unpaired) electrons. The summed E-state index contributed by atoms with van der Waals surface area (Å²) in [6.07, 6.45) is 0. The van der Waals surface area contributed by atoms with Gasteiger partial charge in [0.05, 0.1) is 13.8 Å². The van der Waals surface area contributed by atoms with Crippen LogP contribution in [0.15, 0.2) is 66.7 Å². The summed E-state index contributed by atoms with van der Waals surface area (Å²) >= 11 is 0. The highest BCUT2D eigenvalue weighted by atomic mass is 16.5. The van der Waals surface area contributed by atoms with Crippen LogP contribution in [0, 0.1) is 0 Å². The van der Waals surface area contributed by atoms with Gasteiger partial charge in [-0.25, -0.2) is 9.69 Å². The van der Waals surface area contributed by atoms with Gasteiger partial charge in [0.15, 0.2) is 0 Å². The molecule has 6 heteroatoms. The van der Waals surface area contributed by atoms with Gasteiger partial charge in [0, 0.05) is 6.54 Å². The molecule has 1 heterocycles. The first-order valence-electron chi connectivity index (χ1n) is 10.4. The number of benzene rings is 3. The molecule has 0 aromatic heterocycles. The number of urea groups is 1. The van der Waals surface area contributed by atoms with Crippen molar-refractivity contribution in [3.05, 3.63) is 77.9 Å². The second-order valence-electron chi connectivity index (χ2n) is 7.99. The minimum Gasteiger partial charge on any atom is -0.497 e. The molecule has 0 bridgehead atoms. The van der Waals surface area contributed by atoms with Crippen LogP contribution >= 0.6 is 0 Å². The first-order valence-corrected chi connectivity index (χ1v) is 10.4. The van der Waals surface area contributed by atoms with Crippen LogP contribution in [0.5, 0.6) is 5.75 Å². The minimum absolute atomic E-state index is 0.239. The maximum absolute atomic E-state index is 13.4. The van der Waals surface area contributed by atoms with Gasteiger partial charge < -0.3 is 10.1 Å². The van der Waals surface area contributed by atoms with E-state index in [1.807, 2.05) is 73.7 Å². The number of carbonyl (C=O) groups excluding carboxylic acids is 2. The van der Waals surface area contributed by atoms with Crippen LogP contribution in [0.25, 0.3) is 10.8 Å². The summed E-state index contributed by atoms with van der Waals surface area (Å²) in [5.41, 5.74) is 0.804. The van der Waals surface area contributed by atoms with Gasteiger partial charge in [0.1, 0.15) is 11.3 Å². The van der Waals surface area contributed by atoms with Crippen LogP contribution in [0.3, 0.4) is 0 Å². The van der Waals surface area contributed by atoms with Crippen molar-refractivity contribution in [1.82, 2.24) is 15.1 Å². The van der Waals surface area contributed by atoms with E-state index in [1.54, 1.807) is 14.0 Å². The fraction of sp³-hybridized carbons (Fsp3) is 0.280. The number of imide groups is 1. The molecule has 1 saturated heterocycles. The normalized spacial score (nSPS) is 18.6. The van der Waals surface area contributed by atoms with Gasteiger partial charge in [-0.15, -0.1) is 0 Å². The second kappa shape index (κ2) is 8.40. The van der Waals surface area contributed by atoms with Gasteiger partial charge in [-0.05, 0) is 53.6 Å². The smallest absolute Gasteiger partial charge is 0.326 e. The molecule has 3 amide bonds. The lowest BCUT2D eigenvalue weighted by Gasteiger charge is -2.26. The van der Waals surface area contributed by atoms with E-state index < -0.39 is 5.54 Å². The molecule has 0 aliphatic carbocycles. The molecule has 0 spiro atoms. The predicted octanol–water partition coefficient (Wildman–Crippen LogP) is 4.10. The molecular formula is C25H27N3O3. The number of carbonyl (C=O) groups is 2. The number of methoxy groups -OCH3 is 1. The fourth-order valence-corrected chi connectivity index (χ4v) is 3.99. The molecule has 4 rings (SSSR count). The summed E-state index contributed by atoms with van der Waals surface area (Å²) in [5, 5.41) is 4.91. The lowest BCUT2D eigenvalue weighted by molar-refractivity contribution is -0.132. The number of amides is 3. The SMILES string of the molecule is CCN(Cc1ccccc1)CN1C(=O)N[C@](C)(c2ccc3cc(OC)ccc3c2)C1=O. The van der Waals surface area contributed by atoms with Crippen LogP contribution in [0.2, 0.25) is 0 Å². The lowest BCUT2D eigenvalue weighted by Crippen LogP contribution is -2.43. The van der Waals surface area contributed by atoms with E-state index in [0.29, 0.717) is 6.54 Å². The molecule has 1 fully saturated rings. The first kappa shape index (κ1) is 20.9. The maximum atomic E-state index is 13.4. The third-order valence-corrected chi connectivity index (χ3v) is 5.94. The molecular weight excluding hydrogens is 390 g/mol. The second-order valence-corrected chi connectivity index (χ2v) is 7.99. The average Bonchev–Trinajstić information content (AvgIpc) is 3.02. The highest BCUT2D eigenvalue weighted by Gasteiger charge is 2.49. The molecule has 1 aliphatic heterocycles. The summed E-state index contributed by atoms with van der Waals surface area (Å²) in [7, 11) is 1.63. The van der Waals surface area contributed by atoms with Gasteiger partial charge in [0.2, 0.25) is 0 Å². The predicted molar refractivity (Wildman–Crippen MR) is 121 cm³/mol. The largest absolute Gasteiger partial charge is 0.497 e. The van der Waals surface area contributed by atoms with Crippen molar-refractivity contribution in [2.45, 2.75) is 25.9 Å². The van der Waals surface area contributed by atoms with Crippen LogP contribution < -0.4 is 10.1 Å². The summed E-state index contributed by atoms with van der Waals surface area (Å²) in [4.78, 5) is 29.5. The Morgan fingerprint density at radius 1 is 1.00 bits per heavy atom. The Balaban J connectivity index is 1.57. The molecule has 31 heavy (non-hydrogen) atoms. The molecule has 1 N–H and O–H groups in total. The molecule has 3 aromatic carbocycles. The van der Waals surface area contributed by atoms with Crippen LogP contribution in [-0.4, -0.2) is 42.1 Å². The topological polar surface area (TPSA) is 61.9 Å². The monoisotopic (exact) mass is 417 g/mol. The lowest BCUT2D eigenvalue weighted by atomic mass is 9.90. The van der Waals surface area contributed by atoms with Crippen molar-refractivity contribution in [3.8, 4) is 5.75 Å². The Morgan fingerprint density at radius 3 is 2.42 bits per heavy atom. The Kier molecular flexibility index (Phi) is 5.65. The highest BCUT2D eigenvalue weighted by Crippen LogP contribution is 2.32. The number of hydrogen-bond donors (Lipinski definition) is 1. The standard InChI is InChI=1S/C25H27N3O3/c1-4-27(16-18-8-6-5-7-9-18)17-28-23(29)25(2,26-24(28)30)21-12-10-20-15-22(31-3)13-11-19(20)14-21/h5-15H,4,16-17H2,1-3H3,(H,26,30)/t25-/m1/s1. The first-order chi connectivity index (χ1) is 14.9. The number of nitrogens with one attached hydrogen (secondary N) is 1. The van der Waals surface area contributed by atoms with Gasteiger partial charge in [-0.3, -0.25) is 9.69 Å². The van der Waals surface area contributed by atoms with Crippen molar-refractivity contribution in [2.24, 2.45) is 0 Å². The molecule has 1 atom stereocenters. The Bertz CT molecular complexity index is 1120. The zero-order valence-corrected chi connectivity index (χ0v) is 18.1. The zero-order valence-electron chi connectivity index (χ0n) is 18.1. The van der Waals surface area contributed by atoms with E-state index in [4.69, 9.17) is 4.74 Å². The summed E-state index contributed by atoms with van der Waals surface area (Å²) in [6, 6.07) is 21.3. The maximum Gasteiger partial charge on any atom is 0.326 e. The van der Waals surface area contributed by atoms with E-state index in [2.05, 4.69) is 10.2 Å². The zero-order chi connectivity index (χ0) is 22.0. The number of nitrogens with zero attached hydrogens (tertiary/aromatic N) is 2. The third kappa shape index (κ3) is 3.99. The van der Waals surface area contributed by atoms with Crippen LogP contribution in [0.1, 0.15) is 25.0 Å². The van der Waals surface area contributed by atoms with Crippen molar-refractivity contribution in [2.75, 3.05) is 20.3 Å².